The topological polar surface area (TPSA) is 0 Å². The van der Waals surface area contributed by atoms with Crippen LogP contribution in [0.1, 0.15) is 6.92 Å². The van der Waals surface area contributed by atoms with E-state index < -0.39 is 15.8 Å². The molecule has 0 saturated heterocycles. The van der Waals surface area contributed by atoms with Crippen LogP contribution in [0.3, 0.4) is 0 Å². The van der Waals surface area contributed by atoms with Gasteiger partial charge in [0.15, 0.2) is 0 Å². The molecule has 3 heteroatoms. The van der Waals surface area contributed by atoms with E-state index in [1.807, 2.05) is 0 Å². The van der Waals surface area contributed by atoms with Crippen LogP contribution in [-0.2, 0) is 16.5 Å². The van der Waals surface area contributed by atoms with Crippen LogP contribution in [0.4, 0.5) is 0 Å². The average Bonchev–Trinajstić information content (AvgIpc) is 2.77. The Morgan fingerprint density at radius 1 is 0.414 bits per heavy atom. The van der Waals surface area contributed by atoms with Gasteiger partial charge in [-0.25, -0.2) is 0 Å². The van der Waals surface area contributed by atoms with E-state index in [2.05, 4.69) is 128 Å². The molecular formula is C26H24NiP2+2. The maximum absolute atomic E-state index is 2.46. The van der Waals surface area contributed by atoms with E-state index in [9.17, 15) is 0 Å². The van der Waals surface area contributed by atoms with Gasteiger partial charge in [-0.05, 0) is 37.1 Å². The minimum atomic E-state index is -0.470. The molecule has 0 unspecified atom stereocenters. The molecule has 0 fully saturated rings. The van der Waals surface area contributed by atoms with Crippen molar-refractivity contribution in [3.63, 3.8) is 0 Å². The van der Waals surface area contributed by atoms with Crippen LogP contribution in [0, 0.1) is 0 Å². The molecule has 0 radical (unpaired) electrons. The van der Waals surface area contributed by atoms with Crippen molar-refractivity contribution in [3.8, 4) is 0 Å². The predicted molar refractivity (Wildman–Crippen MR) is 128 cm³/mol. The summed E-state index contributed by atoms with van der Waals surface area (Å²) < 4.78 is 0. The normalized spacial score (nSPS) is 10.9. The van der Waals surface area contributed by atoms with Gasteiger partial charge >= 0.3 is 16.5 Å². The molecule has 0 heterocycles. The Balaban J connectivity index is 0.00000240. The second-order valence-electron chi connectivity index (χ2n) is 6.71. The first-order chi connectivity index (χ1) is 13.8. The SMILES string of the molecule is CC(P(c1ccccc1)c1ccccc1)P(c1ccccc1)c1ccccc1.[Ni+2]. The molecule has 4 rings (SSSR count). The summed E-state index contributed by atoms with van der Waals surface area (Å²) in [4.78, 5) is 0. The monoisotopic (exact) mass is 456 g/mol. The molecule has 29 heavy (non-hydrogen) atoms. The van der Waals surface area contributed by atoms with Gasteiger partial charge in [-0.2, -0.15) is 0 Å². The number of hydrogen-bond donors (Lipinski definition) is 0. The third kappa shape index (κ3) is 5.24. The summed E-state index contributed by atoms with van der Waals surface area (Å²) in [6.07, 6.45) is 0. The van der Waals surface area contributed by atoms with Crippen molar-refractivity contribution in [2.24, 2.45) is 0 Å². The van der Waals surface area contributed by atoms with Gasteiger partial charge in [0, 0.05) is 5.40 Å². The smallest absolute Gasteiger partial charge is 0.0622 e. The minimum absolute atomic E-state index is 0. The summed E-state index contributed by atoms with van der Waals surface area (Å²) in [5, 5.41) is 6.34. The number of benzene rings is 4. The third-order valence-corrected chi connectivity index (χ3v) is 11.2. The number of rotatable bonds is 6. The van der Waals surface area contributed by atoms with E-state index in [0.29, 0.717) is 5.40 Å². The number of hydrogen-bond acceptors (Lipinski definition) is 0. The fourth-order valence-electron chi connectivity index (χ4n) is 3.63. The van der Waals surface area contributed by atoms with Gasteiger partial charge in [-0.1, -0.05) is 128 Å². The molecule has 0 nitrogen and oxygen atoms in total. The molecule has 0 aliphatic heterocycles. The van der Waals surface area contributed by atoms with Gasteiger partial charge < -0.3 is 0 Å². The van der Waals surface area contributed by atoms with Crippen LogP contribution < -0.4 is 21.2 Å². The average molecular weight is 457 g/mol. The molecule has 0 atom stereocenters. The molecule has 0 aliphatic carbocycles. The van der Waals surface area contributed by atoms with Crippen LogP contribution in [0.25, 0.3) is 0 Å². The summed E-state index contributed by atoms with van der Waals surface area (Å²) in [5.74, 6) is 0. The summed E-state index contributed by atoms with van der Waals surface area (Å²) in [5.41, 5.74) is 0. The van der Waals surface area contributed by atoms with Gasteiger partial charge in [-0.15, -0.1) is 0 Å². The van der Waals surface area contributed by atoms with E-state index in [4.69, 9.17) is 0 Å². The van der Waals surface area contributed by atoms with Gasteiger partial charge in [0.2, 0.25) is 0 Å². The second-order valence-corrected chi connectivity index (χ2v) is 12.2. The molecule has 146 valence electrons. The Morgan fingerprint density at radius 3 is 0.828 bits per heavy atom. The summed E-state index contributed by atoms with van der Waals surface area (Å²) in [6, 6.07) is 44.3. The first-order valence-electron chi connectivity index (χ1n) is 9.63. The van der Waals surface area contributed by atoms with E-state index in [1.165, 1.54) is 21.2 Å². The van der Waals surface area contributed by atoms with Crippen molar-refractivity contribution >= 4 is 37.1 Å². The van der Waals surface area contributed by atoms with Gasteiger partial charge in [0.05, 0.1) is 0 Å². The molecule has 4 aromatic carbocycles. The van der Waals surface area contributed by atoms with Crippen LogP contribution in [0.2, 0.25) is 0 Å². The van der Waals surface area contributed by atoms with E-state index in [1.54, 1.807) is 0 Å². The summed E-state index contributed by atoms with van der Waals surface area (Å²) in [6.45, 7) is 2.46. The zero-order chi connectivity index (χ0) is 19.2. The maximum Gasteiger partial charge on any atom is 2.00 e. The maximum atomic E-state index is 2.46. The van der Waals surface area contributed by atoms with Crippen LogP contribution >= 0.6 is 15.8 Å². The van der Waals surface area contributed by atoms with Gasteiger partial charge in [0.1, 0.15) is 0 Å². The van der Waals surface area contributed by atoms with Crippen molar-refractivity contribution in [2.75, 3.05) is 0 Å². The second kappa shape index (κ2) is 10.9. The van der Waals surface area contributed by atoms with Crippen molar-refractivity contribution in [2.45, 2.75) is 12.3 Å². The van der Waals surface area contributed by atoms with Crippen molar-refractivity contribution < 1.29 is 16.5 Å². The van der Waals surface area contributed by atoms with E-state index in [0.717, 1.165) is 0 Å². The van der Waals surface area contributed by atoms with E-state index in [-0.39, 0.29) is 16.5 Å². The molecule has 0 bridgehead atoms. The first-order valence-corrected chi connectivity index (χ1v) is 12.5. The molecule has 0 aliphatic rings. The molecule has 4 aromatic rings. The summed E-state index contributed by atoms with van der Waals surface area (Å²) >= 11 is 0. The quantitative estimate of drug-likeness (QED) is 0.262. The fourth-order valence-corrected chi connectivity index (χ4v) is 10.5. The molecule has 0 spiro atoms. The Hall–Kier alpha value is -1.77. The predicted octanol–water partition coefficient (Wildman–Crippen LogP) is 5.60. The van der Waals surface area contributed by atoms with Gasteiger partial charge in [-0.3, -0.25) is 0 Å². The van der Waals surface area contributed by atoms with E-state index >= 15 is 0 Å². The molecule has 0 aromatic heterocycles. The zero-order valence-electron chi connectivity index (χ0n) is 16.3. The van der Waals surface area contributed by atoms with Crippen LogP contribution in [0.5, 0.6) is 0 Å². The van der Waals surface area contributed by atoms with Crippen molar-refractivity contribution in [1.82, 2.24) is 0 Å². The molecule has 0 N–H and O–H groups in total. The molecule has 0 amide bonds. The Kier molecular flexibility index (Phi) is 8.21. The van der Waals surface area contributed by atoms with Gasteiger partial charge in [0.25, 0.3) is 0 Å². The Morgan fingerprint density at radius 2 is 0.621 bits per heavy atom. The summed E-state index contributed by atoms with van der Waals surface area (Å²) in [7, 11) is -0.940. The third-order valence-electron chi connectivity index (χ3n) is 4.88. The standard InChI is InChI=1S/C26H24P2.Ni/c1-22(27(23-14-6-2-7-15-23)24-16-8-3-9-17-24)28(25-18-10-4-11-19-25)26-20-12-5-13-21-26;/h2-22H,1H3;/q;+2. The largest absolute Gasteiger partial charge is 2.00 e. The molecular weight excluding hydrogens is 433 g/mol. The van der Waals surface area contributed by atoms with Crippen LogP contribution in [0.15, 0.2) is 121 Å². The zero-order valence-corrected chi connectivity index (χ0v) is 19.1. The molecule has 0 saturated carbocycles. The fraction of sp³-hybridized carbons (Fsp3) is 0.0769. The van der Waals surface area contributed by atoms with Crippen molar-refractivity contribution in [1.29, 1.82) is 0 Å². The Labute approximate surface area is 186 Å². The van der Waals surface area contributed by atoms with Crippen LogP contribution in [-0.4, -0.2) is 5.40 Å². The Bertz CT molecular complexity index is 814. The minimum Gasteiger partial charge on any atom is -0.0622 e. The first kappa shape index (κ1) is 21.9. The van der Waals surface area contributed by atoms with Crippen molar-refractivity contribution in [3.05, 3.63) is 121 Å².